The number of fused-ring (bicyclic) bond motifs is 7. The minimum atomic E-state index is -1.49. The van der Waals surface area contributed by atoms with Crippen LogP contribution in [-0.2, 0) is 19.9 Å². The molecule has 10 heteroatoms. The number of halogens is 1. The maximum Gasteiger partial charge on any atom is 0.274 e. The highest BCUT2D eigenvalue weighted by Gasteiger charge is 2.74. The summed E-state index contributed by atoms with van der Waals surface area (Å²) < 4.78 is 14.3. The third-order valence-electron chi connectivity index (χ3n) is 7.67. The zero-order valence-corrected chi connectivity index (χ0v) is 17.6. The van der Waals surface area contributed by atoms with Crippen molar-refractivity contribution in [1.82, 2.24) is 4.90 Å². The Labute approximate surface area is 187 Å². The van der Waals surface area contributed by atoms with Crippen molar-refractivity contribution in [3.63, 3.8) is 0 Å². The van der Waals surface area contributed by atoms with E-state index in [9.17, 15) is 28.9 Å². The predicted molar refractivity (Wildman–Crippen MR) is 114 cm³/mol. The minimum Gasteiger partial charge on any atom is -0.324 e. The lowest BCUT2D eigenvalue weighted by molar-refractivity contribution is -0.385. The highest BCUT2D eigenvalue weighted by molar-refractivity contribution is 6.26. The lowest BCUT2D eigenvalue weighted by atomic mass is 9.75. The molecule has 1 spiro atoms. The molecule has 168 valence electrons. The quantitative estimate of drug-likeness (QED) is 0.427. The van der Waals surface area contributed by atoms with E-state index in [0.29, 0.717) is 24.2 Å². The van der Waals surface area contributed by atoms with Gasteiger partial charge in [0.2, 0.25) is 17.7 Å². The summed E-state index contributed by atoms with van der Waals surface area (Å²) in [5.74, 6) is -3.88. The molecule has 0 aliphatic carbocycles. The lowest BCUT2D eigenvalue weighted by Crippen LogP contribution is -2.54. The predicted octanol–water partition coefficient (Wildman–Crippen LogP) is 2.47. The second-order valence-electron chi connectivity index (χ2n) is 9.01. The third-order valence-corrected chi connectivity index (χ3v) is 7.67. The average Bonchev–Trinajstić information content (AvgIpc) is 3.47. The molecule has 33 heavy (non-hydrogen) atoms. The minimum absolute atomic E-state index is 0.145. The van der Waals surface area contributed by atoms with Crippen LogP contribution in [0.4, 0.5) is 21.5 Å². The van der Waals surface area contributed by atoms with E-state index in [-0.39, 0.29) is 23.0 Å². The summed E-state index contributed by atoms with van der Waals surface area (Å²) in [5, 5.41) is 14.2. The van der Waals surface area contributed by atoms with Gasteiger partial charge in [-0.05, 0) is 50.6 Å². The second-order valence-corrected chi connectivity index (χ2v) is 9.01. The molecule has 4 aliphatic rings. The van der Waals surface area contributed by atoms with Crippen LogP contribution >= 0.6 is 0 Å². The molecule has 3 saturated heterocycles. The Hall–Kier alpha value is -3.66. The number of hydrogen-bond donors (Lipinski definition) is 1. The van der Waals surface area contributed by atoms with Crippen LogP contribution in [0.1, 0.15) is 24.0 Å². The van der Waals surface area contributed by atoms with Crippen molar-refractivity contribution in [2.75, 3.05) is 16.8 Å². The summed E-state index contributed by atoms with van der Waals surface area (Å²) in [7, 11) is 0. The summed E-state index contributed by atoms with van der Waals surface area (Å²) in [5.41, 5.74) is -0.550. The van der Waals surface area contributed by atoms with Gasteiger partial charge in [0, 0.05) is 23.4 Å². The van der Waals surface area contributed by atoms with Gasteiger partial charge in [-0.25, -0.2) is 9.29 Å². The van der Waals surface area contributed by atoms with Crippen molar-refractivity contribution < 1.29 is 23.7 Å². The van der Waals surface area contributed by atoms with Crippen molar-refractivity contribution in [3.05, 3.63) is 63.5 Å². The number of anilines is 2. The Bertz CT molecular complexity index is 1300. The molecule has 0 radical (unpaired) electrons. The van der Waals surface area contributed by atoms with Crippen LogP contribution in [0.3, 0.4) is 0 Å². The van der Waals surface area contributed by atoms with Gasteiger partial charge in [-0.1, -0.05) is 6.07 Å². The fourth-order valence-electron chi connectivity index (χ4n) is 6.46. The van der Waals surface area contributed by atoms with Crippen molar-refractivity contribution >= 4 is 34.8 Å². The molecule has 0 bridgehead atoms. The zero-order valence-electron chi connectivity index (χ0n) is 17.6. The first kappa shape index (κ1) is 20.0. The van der Waals surface area contributed by atoms with Gasteiger partial charge in [-0.15, -0.1) is 0 Å². The standard InChI is InChI=1S/C23H19FN4O5/c1-11-15(4-2-5-16(11)28(32)33)27-20(29)18-17-6-3-9-26(17)23(19(18)21(27)30)13-10-12(24)7-8-14(13)25-22(23)31/h2,4-5,7-8,10,17-19H,3,6,9H2,1H3,(H,25,31)/t17-,18+,19-,23+/m0/s1. The van der Waals surface area contributed by atoms with Gasteiger partial charge in [-0.2, -0.15) is 0 Å². The van der Waals surface area contributed by atoms with Gasteiger partial charge in [0.25, 0.3) is 5.69 Å². The molecule has 9 nitrogen and oxygen atoms in total. The zero-order chi connectivity index (χ0) is 23.2. The van der Waals surface area contributed by atoms with Crippen LogP contribution in [0.15, 0.2) is 36.4 Å². The molecule has 2 aromatic carbocycles. The van der Waals surface area contributed by atoms with Gasteiger partial charge < -0.3 is 5.32 Å². The summed E-state index contributed by atoms with van der Waals surface area (Å²) >= 11 is 0. The normalized spacial score (nSPS) is 30.1. The fraction of sp³-hybridized carbons (Fsp3) is 0.348. The molecule has 0 aromatic heterocycles. The number of nitrogens with one attached hydrogen (secondary N) is 1. The molecule has 3 fully saturated rings. The first-order valence-corrected chi connectivity index (χ1v) is 10.8. The Morgan fingerprint density at radius 1 is 1.18 bits per heavy atom. The van der Waals surface area contributed by atoms with E-state index >= 15 is 0 Å². The Morgan fingerprint density at radius 3 is 2.73 bits per heavy atom. The van der Waals surface area contributed by atoms with Crippen molar-refractivity contribution in [3.8, 4) is 0 Å². The van der Waals surface area contributed by atoms with Crippen LogP contribution in [0, 0.1) is 34.7 Å². The fourth-order valence-corrected chi connectivity index (χ4v) is 6.46. The SMILES string of the molecule is Cc1c(N2C(=O)[C@H]3[C@@H](C2=O)[C@]2(C(=O)Nc4ccc(F)cc42)N2CCC[C@@H]32)cccc1[N+](=O)[O-]. The van der Waals surface area contributed by atoms with E-state index in [4.69, 9.17) is 0 Å². The molecule has 4 atom stereocenters. The van der Waals surface area contributed by atoms with Crippen molar-refractivity contribution in [1.29, 1.82) is 0 Å². The Morgan fingerprint density at radius 2 is 1.97 bits per heavy atom. The number of nitro groups is 1. The molecule has 6 rings (SSSR count). The number of nitrogens with zero attached hydrogens (tertiary/aromatic N) is 3. The highest BCUT2D eigenvalue weighted by atomic mass is 19.1. The van der Waals surface area contributed by atoms with E-state index in [1.54, 1.807) is 0 Å². The molecule has 0 saturated carbocycles. The number of carbonyl (C=O) groups is 3. The number of benzene rings is 2. The van der Waals surface area contributed by atoms with Crippen molar-refractivity contribution in [2.45, 2.75) is 31.3 Å². The van der Waals surface area contributed by atoms with Crippen LogP contribution in [0.5, 0.6) is 0 Å². The largest absolute Gasteiger partial charge is 0.324 e. The number of imide groups is 1. The monoisotopic (exact) mass is 450 g/mol. The van der Waals surface area contributed by atoms with Gasteiger partial charge in [-0.3, -0.25) is 29.4 Å². The maximum atomic E-state index is 14.3. The molecular weight excluding hydrogens is 431 g/mol. The highest BCUT2D eigenvalue weighted by Crippen LogP contribution is 2.60. The lowest BCUT2D eigenvalue weighted by Gasteiger charge is -2.36. The third kappa shape index (κ3) is 2.26. The van der Waals surface area contributed by atoms with Crippen LogP contribution in [-0.4, -0.2) is 40.1 Å². The summed E-state index contributed by atoms with van der Waals surface area (Å²) in [4.78, 5) is 54.9. The molecule has 1 N–H and O–H groups in total. The first-order chi connectivity index (χ1) is 15.8. The van der Waals surface area contributed by atoms with Gasteiger partial charge in [0.05, 0.1) is 28.0 Å². The summed E-state index contributed by atoms with van der Waals surface area (Å²) in [6.07, 6.45) is 1.37. The van der Waals surface area contributed by atoms with E-state index in [2.05, 4.69) is 5.32 Å². The molecule has 0 unspecified atom stereocenters. The van der Waals surface area contributed by atoms with Crippen LogP contribution in [0.25, 0.3) is 0 Å². The summed E-state index contributed by atoms with van der Waals surface area (Å²) in [6, 6.07) is 7.88. The molecule has 3 amide bonds. The molecule has 2 aromatic rings. The van der Waals surface area contributed by atoms with E-state index < -0.39 is 45.8 Å². The van der Waals surface area contributed by atoms with E-state index in [1.807, 2.05) is 4.90 Å². The molecular formula is C23H19FN4O5. The maximum absolute atomic E-state index is 14.3. The smallest absolute Gasteiger partial charge is 0.274 e. The average molecular weight is 450 g/mol. The van der Waals surface area contributed by atoms with E-state index in [1.165, 1.54) is 43.3 Å². The second kappa shape index (κ2) is 6.44. The Balaban J connectivity index is 1.56. The van der Waals surface area contributed by atoms with Crippen molar-refractivity contribution in [2.24, 2.45) is 11.8 Å². The van der Waals surface area contributed by atoms with Crippen LogP contribution in [0.2, 0.25) is 0 Å². The topological polar surface area (TPSA) is 113 Å². The Kier molecular flexibility index (Phi) is 3.90. The number of carbonyl (C=O) groups excluding carboxylic acids is 3. The molecule has 4 heterocycles. The number of amides is 3. The van der Waals surface area contributed by atoms with E-state index in [0.717, 1.165) is 11.3 Å². The van der Waals surface area contributed by atoms with Gasteiger partial charge in [0.1, 0.15) is 11.4 Å². The first-order valence-electron chi connectivity index (χ1n) is 10.8. The van der Waals surface area contributed by atoms with Crippen LogP contribution < -0.4 is 10.2 Å². The number of nitro benzene ring substituents is 1. The van der Waals surface area contributed by atoms with Gasteiger partial charge in [0.15, 0.2) is 0 Å². The number of hydrogen-bond acceptors (Lipinski definition) is 6. The van der Waals surface area contributed by atoms with Gasteiger partial charge >= 0.3 is 0 Å². The summed E-state index contributed by atoms with van der Waals surface area (Å²) in [6.45, 7) is 2.00. The number of rotatable bonds is 2. The molecule has 4 aliphatic heterocycles.